The summed E-state index contributed by atoms with van der Waals surface area (Å²) in [4.78, 5) is 17.6. The van der Waals surface area contributed by atoms with Gasteiger partial charge in [0.25, 0.3) is 0 Å². The van der Waals surface area contributed by atoms with Crippen LogP contribution in [0.15, 0.2) is 29.2 Å². The van der Waals surface area contributed by atoms with Crippen molar-refractivity contribution in [3.05, 3.63) is 45.5 Å². The van der Waals surface area contributed by atoms with E-state index >= 15 is 0 Å². The molecule has 0 fully saturated rings. The van der Waals surface area contributed by atoms with Gasteiger partial charge in [0.1, 0.15) is 5.75 Å². The lowest BCUT2D eigenvalue weighted by Gasteiger charge is -2.08. The number of ether oxygens (including phenoxy) is 1. The van der Waals surface area contributed by atoms with Gasteiger partial charge < -0.3 is 9.72 Å². The number of methoxy groups -OCH3 is 1. The van der Waals surface area contributed by atoms with E-state index < -0.39 is 0 Å². The monoisotopic (exact) mass is 250 g/mol. The summed E-state index contributed by atoms with van der Waals surface area (Å²) < 4.78 is 5.14. The summed E-state index contributed by atoms with van der Waals surface area (Å²) in [5.74, 6) is 0.571. The van der Waals surface area contributed by atoms with Gasteiger partial charge in [-0.15, -0.1) is 0 Å². The van der Waals surface area contributed by atoms with Crippen molar-refractivity contribution in [1.29, 1.82) is 0 Å². The second-order valence-electron chi connectivity index (χ2n) is 3.60. The molecule has 0 radical (unpaired) electrons. The molecule has 0 unspecified atom stereocenters. The van der Waals surface area contributed by atoms with Crippen molar-refractivity contribution in [3.8, 4) is 17.0 Å². The molecule has 2 aromatic rings. The van der Waals surface area contributed by atoms with Crippen molar-refractivity contribution in [1.82, 2.24) is 9.97 Å². The lowest BCUT2D eigenvalue weighted by atomic mass is 10.1. The number of halogens is 1. The van der Waals surface area contributed by atoms with E-state index in [9.17, 15) is 4.79 Å². The number of nitrogens with zero attached hydrogens (tertiary/aromatic N) is 1. The van der Waals surface area contributed by atoms with Gasteiger partial charge >= 0.3 is 5.69 Å². The van der Waals surface area contributed by atoms with Crippen molar-refractivity contribution in [3.63, 3.8) is 0 Å². The molecule has 0 aliphatic rings. The number of aromatic nitrogens is 2. The minimum Gasteiger partial charge on any atom is -0.495 e. The van der Waals surface area contributed by atoms with Crippen LogP contribution in [0.1, 0.15) is 5.56 Å². The predicted octanol–water partition coefficient (Wildman–Crippen LogP) is 2.41. The lowest BCUT2D eigenvalue weighted by Crippen LogP contribution is -2.11. The maximum absolute atomic E-state index is 11.2. The quantitative estimate of drug-likeness (QED) is 0.891. The maximum Gasteiger partial charge on any atom is 0.345 e. The van der Waals surface area contributed by atoms with Crippen LogP contribution < -0.4 is 10.4 Å². The summed E-state index contributed by atoms with van der Waals surface area (Å²) in [6.45, 7) is 1.87. The van der Waals surface area contributed by atoms with Gasteiger partial charge in [0.15, 0.2) is 0 Å². The van der Waals surface area contributed by atoms with E-state index in [1.165, 1.54) is 6.20 Å². The molecule has 1 N–H and O–H groups in total. The number of rotatable bonds is 2. The van der Waals surface area contributed by atoms with E-state index in [1.807, 2.05) is 13.0 Å². The minimum absolute atomic E-state index is 0.375. The van der Waals surface area contributed by atoms with Crippen LogP contribution in [-0.4, -0.2) is 17.1 Å². The van der Waals surface area contributed by atoms with Gasteiger partial charge in [-0.25, -0.2) is 9.78 Å². The second-order valence-corrected chi connectivity index (χ2v) is 4.00. The molecular formula is C12H11ClN2O2. The van der Waals surface area contributed by atoms with Crippen molar-refractivity contribution in [2.75, 3.05) is 7.11 Å². The van der Waals surface area contributed by atoms with Crippen LogP contribution in [0.5, 0.6) is 5.75 Å². The van der Waals surface area contributed by atoms with E-state index in [0.717, 1.165) is 16.8 Å². The first-order chi connectivity index (χ1) is 8.11. The Balaban J connectivity index is 2.60. The fraction of sp³-hybridized carbons (Fsp3) is 0.167. The molecule has 17 heavy (non-hydrogen) atoms. The molecule has 0 saturated carbocycles. The molecule has 4 nitrogen and oxygen atoms in total. The number of hydrogen-bond donors (Lipinski definition) is 1. The van der Waals surface area contributed by atoms with E-state index in [1.54, 1.807) is 19.2 Å². The molecule has 88 valence electrons. The van der Waals surface area contributed by atoms with E-state index in [2.05, 4.69) is 9.97 Å². The summed E-state index contributed by atoms with van der Waals surface area (Å²) in [5, 5.41) is 0.533. The minimum atomic E-state index is -0.375. The highest BCUT2D eigenvalue weighted by Gasteiger charge is 2.07. The third-order valence-corrected chi connectivity index (χ3v) is 2.75. The number of benzene rings is 1. The zero-order valence-electron chi connectivity index (χ0n) is 9.45. The molecule has 0 spiro atoms. The van der Waals surface area contributed by atoms with Crippen molar-refractivity contribution in [2.24, 2.45) is 0 Å². The average molecular weight is 251 g/mol. The Bertz CT molecular complexity index is 608. The molecule has 0 aliphatic carbocycles. The molecule has 1 heterocycles. The molecule has 1 aromatic heterocycles. The SMILES string of the molecule is COc1cc(-c2[nH]c(=O)ncc2C)ccc1Cl. The highest BCUT2D eigenvalue weighted by molar-refractivity contribution is 6.32. The molecule has 0 saturated heterocycles. The Hall–Kier alpha value is -1.81. The third-order valence-electron chi connectivity index (χ3n) is 2.44. The zero-order chi connectivity index (χ0) is 12.4. The first-order valence-electron chi connectivity index (χ1n) is 5.01. The van der Waals surface area contributed by atoms with Crippen molar-refractivity contribution >= 4 is 11.6 Å². The number of nitrogens with one attached hydrogen (secondary N) is 1. The molecule has 1 aromatic carbocycles. The summed E-state index contributed by atoms with van der Waals surface area (Å²) in [7, 11) is 1.55. The number of hydrogen-bond acceptors (Lipinski definition) is 3. The van der Waals surface area contributed by atoms with Gasteiger partial charge in [-0.2, -0.15) is 0 Å². The Labute approximate surface area is 103 Å². The Morgan fingerprint density at radius 2 is 2.18 bits per heavy atom. The Morgan fingerprint density at radius 3 is 2.88 bits per heavy atom. The number of H-pyrrole nitrogens is 1. The van der Waals surface area contributed by atoms with Gasteiger partial charge in [-0.05, 0) is 24.6 Å². The number of aromatic amines is 1. The largest absolute Gasteiger partial charge is 0.495 e. The number of aryl methyl sites for hydroxylation is 1. The van der Waals surface area contributed by atoms with Crippen LogP contribution >= 0.6 is 11.6 Å². The highest BCUT2D eigenvalue weighted by Crippen LogP contribution is 2.30. The fourth-order valence-electron chi connectivity index (χ4n) is 1.57. The van der Waals surface area contributed by atoms with Crippen LogP contribution in [0, 0.1) is 6.92 Å². The first kappa shape index (κ1) is 11.7. The third kappa shape index (κ3) is 2.31. The Morgan fingerprint density at radius 1 is 1.41 bits per heavy atom. The summed E-state index contributed by atoms with van der Waals surface area (Å²) >= 11 is 5.95. The van der Waals surface area contributed by atoms with Crippen LogP contribution in [0.4, 0.5) is 0 Å². The van der Waals surface area contributed by atoms with Gasteiger partial charge in [-0.1, -0.05) is 17.7 Å². The van der Waals surface area contributed by atoms with Crippen molar-refractivity contribution in [2.45, 2.75) is 6.92 Å². The molecule has 5 heteroatoms. The summed E-state index contributed by atoms with van der Waals surface area (Å²) in [5.41, 5.74) is 2.07. The molecule has 0 atom stereocenters. The highest BCUT2D eigenvalue weighted by atomic mass is 35.5. The standard InChI is InChI=1S/C12H11ClN2O2/c1-7-6-14-12(16)15-11(7)8-3-4-9(13)10(5-8)17-2/h3-6H,1-2H3,(H,14,15,16). The van der Waals surface area contributed by atoms with Gasteiger partial charge in [0.05, 0.1) is 17.8 Å². The van der Waals surface area contributed by atoms with Crippen LogP contribution in [0.25, 0.3) is 11.3 Å². The van der Waals surface area contributed by atoms with Crippen LogP contribution in [0.2, 0.25) is 5.02 Å². The normalized spacial score (nSPS) is 10.3. The molecule has 0 amide bonds. The summed E-state index contributed by atoms with van der Waals surface area (Å²) in [6.07, 6.45) is 1.54. The zero-order valence-corrected chi connectivity index (χ0v) is 10.2. The molecule has 0 aliphatic heterocycles. The predicted molar refractivity (Wildman–Crippen MR) is 66.6 cm³/mol. The van der Waals surface area contributed by atoms with E-state index in [0.29, 0.717) is 10.8 Å². The Kier molecular flexibility index (Phi) is 3.15. The van der Waals surface area contributed by atoms with Crippen molar-refractivity contribution < 1.29 is 4.74 Å². The average Bonchev–Trinajstić information content (AvgIpc) is 2.33. The van der Waals surface area contributed by atoms with Gasteiger partial charge in [0, 0.05) is 11.8 Å². The van der Waals surface area contributed by atoms with E-state index in [4.69, 9.17) is 16.3 Å². The van der Waals surface area contributed by atoms with Gasteiger partial charge in [-0.3, -0.25) is 0 Å². The van der Waals surface area contributed by atoms with Crippen LogP contribution in [0.3, 0.4) is 0 Å². The molecule has 0 bridgehead atoms. The lowest BCUT2D eigenvalue weighted by molar-refractivity contribution is 0.415. The fourth-order valence-corrected chi connectivity index (χ4v) is 1.77. The smallest absolute Gasteiger partial charge is 0.345 e. The molecular weight excluding hydrogens is 240 g/mol. The van der Waals surface area contributed by atoms with Crippen LogP contribution in [-0.2, 0) is 0 Å². The summed E-state index contributed by atoms with van der Waals surface area (Å²) in [6, 6.07) is 5.33. The van der Waals surface area contributed by atoms with Gasteiger partial charge in [0.2, 0.25) is 0 Å². The maximum atomic E-state index is 11.2. The topological polar surface area (TPSA) is 55.0 Å². The second kappa shape index (κ2) is 4.59. The first-order valence-corrected chi connectivity index (χ1v) is 5.39. The molecule has 2 rings (SSSR count). The van der Waals surface area contributed by atoms with E-state index in [-0.39, 0.29) is 5.69 Å².